The molecule has 0 saturated heterocycles. The van der Waals surface area contributed by atoms with Gasteiger partial charge >= 0.3 is 0 Å². The quantitative estimate of drug-likeness (QED) is 0.595. The van der Waals surface area contributed by atoms with Gasteiger partial charge in [-0.2, -0.15) is 10.2 Å². The molecule has 4 heterocycles. The summed E-state index contributed by atoms with van der Waals surface area (Å²) in [6.07, 6.45) is 2.82. The normalized spacial score (nSPS) is 15.5. The Morgan fingerprint density at radius 3 is 2.73 bits per heavy atom. The van der Waals surface area contributed by atoms with Crippen molar-refractivity contribution in [3.63, 3.8) is 0 Å². The number of halogens is 3. The molecule has 0 bridgehead atoms. The lowest BCUT2D eigenvalue weighted by Gasteiger charge is -2.09. The minimum atomic E-state index is -2.83. The number of nitrogens with one attached hydrogen (secondary N) is 1. The number of nitrogens with zero attached hydrogens (tertiary/aromatic N) is 4. The summed E-state index contributed by atoms with van der Waals surface area (Å²) in [4.78, 5) is 4.20. The number of aromatic nitrogens is 5. The molecule has 0 aliphatic carbocycles. The van der Waals surface area contributed by atoms with Crippen molar-refractivity contribution in [1.82, 2.24) is 25.0 Å². The van der Waals surface area contributed by atoms with Crippen LogP contribution < -0.4 is 0 Å². The van der Waals surface area contributed by atoms with E-state index in [-0.39, 0.29) is 5.82 Å². The van der Waals surface area contributed by atoms with Gasteiger partial charge in [-0.1, -0.05) is 0 Å². The second kappa shape index (κ2) is 5.17. The molecule has 1 aliphatic rings. The molecule has 0 spiro atoms. The molecule has 0 radical (unpaired) electrons. The van der Waals surface area contributed by atoms with E-state index >= 15 is 0 Å². The SMILES string of the molecule is Fc1ccc(-c2nn3c(c2-c2ccnc4[nH]ncc24)CC(F)(F)C3)cc1. The molecule has 1 N–H and O–H groups in total. The Bertz CT molecular complexity index is 1130. The molecule has 130 valence electrons. The van der Waals surface area contributed by atoms with Crippen molar-refractivity contribution in [3.05, 3.63) is 54.2 Å². The average Bonchev–Trinajstić information content (AvgIpc) is 3.27. The molecule has 0 amide bonds. The zero-order valence-electron chi connectivity index (χ0n) is 13.4. The fourth-order valence-corrected chi connectivity index (χ4v) is 3.49. The Balaban J connectivity index is 1.80. The molecule has 1 aliphatic heterocycles. The molecular formula is C18H12F3N5. The highest BCUT2D eigenvalue weighted by Crippen LogP contribution is 2.42. The summed E-state index contributed by atoms with van der Waals surface area (Å²) < 4.78 is 42.6. The van der Waals surface area contributed by atoms with Gasteiger partial charge < -0.3 is 0 Å². The number of aromatic amines is 1. The van der Waals surface area contributed by atoms with E-state index in [0.29, 0.717) is 28.2 Å². The molecule has 0 atom stereocenters. The Kier molecular flexibility index (Phi) is 3.01. The number of benzene rings is 1. The first-order valence-corrected chi connectivity index (χ1v) is 8.04. The first kappa shape index (κ1) is 15.1. The lowest BCUT2D eigenvalue weighted by molar-refractivity contribution is 0.00109. The number of H-pyrrole nitrogens is 1. The van der Waals surface area contributed by atoms with Gasteiger partial charge in [-0.15, -0.1) is 0 Å². The molecule has 0 saturated carbocycles. The van der Waals surface area contributed by atoms with Crippen LogP contribution >= 0.6 is 0 Å². The van der Waals surface area contributed by atoms with Gasteiger partial charge in [0, 0.05) is 22.7 Å². The first-order valence-electron chi connectivity index (χ1n) is 8.04. The van der Waals surface area contributed by atoms with E-state index < -0.39 is 18.9 Å². The summed E-state index contributed by atoms with van der Waals surface area (Å²) >= 11 is 0. The lowest BCUT2D eigenvalue weighted by atomic mass is 9.96. The second-order valence-electron chi connectivity index (χ2n) is 6.36. The average molecular weight is 355 g/mol. The fraction of sp³-hybridized carbons (Fsp3) is 0.167. The van der Waals surface area contributed by atoms with E-state index in [1.165, 1.54) is 16.8 Å². The van der Waals surface area contributed by atoms with Gasteiger partial charge in [-0.25, -0.2) is 18.2 Å². The van der Waals surface area contributed by atoms with Crippen LogP contribution in [-0.4, -0.2) is 30.9 Å². The van der Waals surface area contributed by atoms with Crippen molar-refractivity contribution in [1.29, 1.82) is 0 Å². The van der Waals surface area contributed by atoms with E-state index in [9.17, 15) is 13.2 Å². The first-order chi connectivity index (χ1) is 12.5. The van der Waals surface area contributed by atoms with Crippen LogP contribution in [0.2, 0.25) is 0 Å². The van der Waals surface area contributed by atoms with Crippen LogP contribution in [0.4, 0.5) is 13.2 Å². The van der Waals surface area contributed by atoms with E-state index in [1.54, 1.807) is 30.6 Å². The van der Waals surface area contributed by atoms with E-state index in [2.05, 4.69) is 20.3 Å². The summed E-state index contributed by atoms with van der Waals surface area (Å²) in [7, 11) is 0. The molecule has 5 rings (SSSR count). The van der Waals surface area contributed by atoms with Crippen molar-refractivity contribution >= 4 is 11.0 Å². The van der Waals surface area contributed by atoms with Crippen molar-refractivity contribution in [2.75, 3.05) is 0 Å². The maximum atomic E-state index is 14.0. The zero-order chi connectivity index (χ0) is 17.9. The summed E-state index contributed by atoms with van der Waals surface area (Å²) in [6, 6.07) is 7.63. The highest BCUT2D eigenvalue weighted by atomic mass is 19.3. The van der Waals surface area contributed by atoms with Gasteiger partial charge in [0.05, 0.1) is 18.3 Å². The monoisotopic (exact) mass is 355 g/mol. The van der Waals surface area contributed by atoms with Gasteiger partial charge in [-0.3, -0.25) is 9.78 Å². The predicted molar refractivity (Wildman–Crippen MR) is 89.2 cm³/mol. The smallest absolute Gasteiger partial charge is 0.262 e. The summed E-state index contributed by atoms with van der Waals surface area (Å²) in [5, 5.41) is 11.9. The van der Waals surface area contributed by atoms with Gasteiger partial charge in [-0.05, 0) is 35.9 Å². The van der Waals surface area contributed by atoms with Crippen LogP contribution in [0.3, 0.4) is 0 Å². The topological polar surface area (TPSA) is 59.4 Å². The predicted octanol–water partition coefficient (Wildman–Crippen LogP) is 3.82. The molecule has 8 heteroatoms. The fourth-order valence-electron chi connectivity index (χ4n) is 3.49. The number of hydrogen-bond donors (Lipinski definition) is 1. The molecule has 0 unspecified atom stereocenters. The maximum Gasteiger partial charge on any atom is 0.272 e. The minimum absolute atomic E-state index is 0.366. The Hall–Kier alpha value is -3.16. The second-order valence-corrected chi connectivity index (χ2v) is 6.36. The van der Waals surface area contributed by atoms with Gasteiger partial charge in [0.1, 0.15) is 18.1 Å². The largest absolute Gasteiger partial charge is 0.272 e. The Morgan fingerprint density at radius 2 is 1.92 bits per heavy atom. The summed E-state index contributed by atoms with van der Waals surface area (Å²) in [6.45, 7) is -0.462. The standard InChI is InChI=1S/C18H12F3N5/c19-11-3-1-10(2-4-11)16-15(14-7-18(20,21)9-26(14)25-16)12-5-6-22-17-13(12)8-23-24-17/h1-6,8H,7,9H2,(H,22,23,24). The lowest BCUT2D eigenvalue weighted by Crippen LogP contribution is -2.17. The zero-order valence-corrected chi connectivity index (χ0v) is 13.4. The van der Waals surface area contributed by atoms with E-state index in [0.717, 1.165) is 10.9 Å². The van der Waals surface area contributed by atoms with Crippen molar-refractivity contribution < 1.29 is 13.2 Å². The van der Waals surface area contributed by atoms with Gasteiger partial charge in [0.2, 0.25) is 0 Å². The third-order valence-electron chi connectivity index (χ3n) is 4.61. The number of rotatable bonds is 2. The third-order valence-corrected chi connectivity index (χ3v) is 4.61. The van der Waals surface area contributed by atoms with Gasteiger partial charge in [0.15, 0.2) is 5.65 Å². The van der Waals surface area contributed by atoms with Crippen LogP contribution in [0, 0.1) is 5.82 Å². The number of pyridine rings is 1. The van der Waals surface area contributed by atoms with Crippen molar-refractivity contribution in [2.24, 2.45) is 0 Å². The van der Waals surface area contributed by atoms with E-state index in [4.69, 9.17) is 0 Å². The maximum absolute atomic E-state index is 14.0. The number of alkyl halides is 2. The van der Waals surface area contributed by atoms with Crippen LogP contribution in [0.5, 0.6) is 0 Å². The molecule has 3 aromatic heterocycles. The van der Waals surface area contributed by atoms with Gasteiger partial charge in [0.25, 0.3) is 5.92 Å². The van der Waals surface area contributed by atoms with Crippen LogP contribution in [0.25, 0.3) is 33.4 Å². The van der Waals surface area contributed by atoms with E-state index in [1.807, 2.05) is 0 Å². The summed E-state index contributed by atoms with van der Waals surface area (Å²) in [5.74, 6) is -3.20. The van der Waals surface area contributed by atoms with Crippen molar-refractivity contribution in [2.45, 2.75) is 18.9 Å². The van der Waals surface area contributed by atoms with Crippen LogP contribution in [0.1, 0.15) is 5.69 Å². The number of fused-ring (bicyclic) bond motifs is 2. The minimum Gasteiger partial charge on any atom is -0.262 e. The van der Waals surface area contributed by atoms with Crippen LogP contribution in [-0.2, 0) is 13.0 Å². The number of hydrogen-bond acceptors (Lipinski definition) is 3. The molecule has 0 fully saturated rings. The molecule has 26 heavy (non-hydrogen) atoms. The molecule has 5 nitrogen and oxygen atoms in total. The molecule has 1 aromatic carbocycles. The Labute approximate surface area is 145 Å². The van der Waals surface area contributed by atoms with Crippen LogP contribution in [0.15, 0.2) is 42.7 Å². The summed E-state index contributed by atoms with van der Waals surface area (Å²) in [5.41, 5.74) is 3.58. The Morgan fingerprint density at radius 1 is 1.12 bits per heavy atom. The molecular weight excluding hydrogens is 343 g/mol. The third kappa shape index (κ3) is 2.22. The highest BCUT2D eigenvalue weighted by molar-refractivity contribution is 5.97. The molecule has 4 aromatic rings. The van der Waals surface area contributed by atoms with Crippen molar-refractivity contribution in [3.8, 4) is 22.4 Å². The highest BCUT2D eigenvalue weighted by Gasteiger charge is 2.41.